The molecule has 2 amide bonds. The highest BCUT2D eigenvalue weighted by molar-refractivity contribution is 6.99. The number of nitrogens with zero attached hydrogens (tertiary/aromatic N) is 1. The molecule has 5 atom stereocenters. The van der Waals surface area contributed by atoms with Gasteiger partial charge in [-0.1, -0.05) is 133 Å². The third-order valence-electron chi connectivity index (χ3n) is 12.3. The molecule has 352 valence electrons. The Hall–Kier alpha value is -4.55. The van der Waals surface area contributed by atoms with Crippen molar-refractivity contribution in [2.24, 2.45) is 0 Å². The lowest BCUT2D eigenvalue weighted by atomic mass is 9.84. The Morgan fingerprint density at radius 3 is 1.80 bits per heavy atom. The molecule has 1 fully saturated rings. The van der Waals surface area contributed by atoms with E-state index in [4.69, 9.17) is 27.8 Å². The molecule has 1 aliphatic rings. The van der Waals surface area contributed by atoms with Gasteiger partial charge < -0.3 is 38.2 Å². The normalized spacial score (nSPS) is 18.7. The van der Waals surface area contributed by atoms with Crippen molar-refractivity contribution in [1.29, 1.82) is 0 Å². The molecule has 0 unspecified atom stereocenters. The third kappa shape index (κ3) is 12.4. The molecule has 0 aliphatic carbocycles. The van der Waals surface area contributed by atoms with E-state index >= 15 is 4.79 Å². The molecule has 1 saturated heterocycles. The number of likely N-dealkylation sites (tertiary alicyclic amines) is 1. The number of hydrogen-bond acceptors (Lipinski definition) is 11. The number of nitrogens with one attached hydrogen (secondary N) is 1. The first-order chi connectivity index (χ1) is 29.8. The van der Waals surface area contributed by atoms with Gasteiger partial charge in [-0.15, -0.1) is 0 Å². The number of ether oxygens (including phenoxy) is 4. The molecule has 4 rings (SSSR count). The Labute approximate surface area is 382 Å². The highest BCUT2D eigenvalue weighted by Gasteiger charge is 2.64. The smallest absolute Gasteiger partial charge is 0.410 e. The SMILES string of the molecule is COC(=O)N1[C@@H](C[C@@H](O)CO[Si](c2ccccc2)(c2ccccc2)C(C)(C)C)CC[C@]1(C(=O)OCc1ccccc1)[C@@H](OC(C)=O)[C@@H](CO[Si](C)(C)C(C)(C)C)NC(=O)OC(C)(C)C. The van der Waals surface area contributed by atoms with Crippen molar-refractivity contribution in [1.82, 2.24) is 10.2 Å². The summed E-state index contributed by atoms with van der Waals surface area (Å²) in [6.45, 7) is 22.5. The minimum absolute atomic E-state index is 0.0432. The zero-order valence-corrected chi connectivity index (χ0v) is 42.2. The van der Waals surface area contributed by atoms with Gasteiger partial charge in [-0.3, -0.25) is 9.69 Å². The summed E-state index contributed by atoms with van der Waals surface area (Å²) in [6.07, 6.45) is -4.47. The minimum Gasteiger partial charge on any atom is -0.459 e. The maximum Gasteiger partial charge on any atom is 0.410 e. The molecule has 0 bridgehead atoms. The molecule has 0 saturated carbocycles. The van der Waals surface area contributed by atoms with Gasteiger partial charge in [0.15, 0.2) is 20.0 Å². The largest absolute Gasteiger partial charge is 0.459 e. The molecule has 1 heterocycles. The molecule has 64 heavy (non-hydrogen) atoms. The van der Waals surface area contributed by atoms with Crippen LogP contribution in [-0.2, 0) is 44.0 Å². The van der Waals surface area contributed by atoms with E-state index in [2.05, 4.69) is 71.1 Å². The van der Waals surface area contributed by atoms with Crippen molar-refractivity contribution in [2.45, 2.75) is 154 Å². The molecule has 2 N–H and O–H groups in total. The highest BCUT2D eigenvalue weighted by atomic mass is 28.4. The number of benzene rings is 3. The van der Waals surface area contributed by atoms with Crippen LogP contribution in [0.1, 0.15) is 94.1 Å². The Balaban J connectivity index is 1.85. The van der Waals surface area contributed by atoms with Crippen LogP contribution < -0.4 is 15.7 Å². The van der Waals surface area contributed by atoms with Crippen molar-refractivity contribution in [3.05, 3.63) is 96.6 Å². The molecular formula is C49H72N2O11Si2. The van der Waals surface area contributed by atoms with Crippen LogP contribution in [0.25, 0.3) is 0 Å². The summed E-state index contributed by atoms with van der Waals surface area (Å²) < 4.78 is 37.1. The molecule has 15 heteroatoms. The number of esters is 2. The Morgan fingerprint density at radius 2 is 1.33 bits per heavy atom. The van der Waals surface area contributed by atoms with E-state index in [1.807, 2.05) is 67.7 Å². The predicted molar refractivity (Wildman–Crippen MR) is 252 cm³/mol. The van der Waals surface area contributed by atoms with Gasteiger partial charge in [0.2, 0.25) is 0 Å². The summed E-state index contributed by atoms with van der Waals surface area (Å²) in [6, 6.07) is 27.0. The van der Waals surface area contributed by atoms with Gasteiger partial charge in [-0.05, 0) is 79.1 Å². The number of carbonyl (C=O) groups is 4. The van der Waals surface area contributed by atoms with E-state index in [0.717, 1.165) is 10.4 Å². The Kier molecular flexibility index (Phi) is 17.2. The first-order valence-corrected chi connectivity index (χ1v) is 26.9. The van der Waals surface area contributed by atoms with Gasteiger partial charge in [-0.25, -0.2) is 14.4 Å². The van der Waals surface area contributed by atoms with Gasteiger partial charge >= 0.3 is 24.1 Å². The van der Waals surface area contributed by atoms with E-state index in [-0.39, 0.29) is 49.2 Å². The van der Waals surface area contributed by atoms with Gasteiger partial charge in [0.1, 0.15) is 12.2 Å². The van der Waals surface area contributed by atoms with Crippen LogP contribution >= 0.6 is 0 Å². The van der Waals surface area contributed by atoms with Crippen LogP contribution in [-0.4, -0.2) is 107 Å². The average molecular weight is 921 g/mol. The van der Waals surface area contributed by atoms with Crippen LogP contribution in [0, 0.1) is 0 Å². The average Bonchev–Trinajstić information content (AvgIpc) is 3.59. The van der Waals surface area contributed by atoms with E-state index in [1.165, 1.54) is 18.9 Å². The maximum absolute atomic E-state index is 15.2. The fourth-order valence-electron chi connectivity index (χ4n) is 8.27. The second kappa shape index (κ2) is 21.2. The van der Waals surface area contributed by atoms with Crippen LogP contribution in [0.2, 0.25) is 23.2 Å². The van der Waals surface area contributed by atoms with Crippen molar-refractivity contribution in [2.75, 3.05) is 20.3 Å². The first kappa shape index (κ1) is 52.1. The number of methoxy groups -OCH3 is 1. The standard InChI is InChI=1S/C49H72N2O11Si2/c1-35(52)61-42(41(50-44(55)62-46(2,3)4)34-59-63(12,13)47(5,6)7)49(43(54)58-32-36-23-17-14-18-24-36)30-29-37(51(49)45(56)57-11)31-38(53)33-60-64(48(8,9)10,39-25-19-15-20-26-39)40-27-21-16-22-28-40/h14-28,37-38,41-42,53H,29-34H2,1-13H3,(H,50,55)/t37-,38-,41-,42+,49-/m1/s1. The van der Waals surface area contributed by atoms with Crippen LogP contribution in [0.4, 0.5) is 9.59 Å². The molecule has 13 nitrogen and oxygen atoms in total. The van der Waals surface area contributed by atoms with Crippen LogP contribution in [0.15, 0.2) is 91.0 Å². The molecular weight excluding hydrogens is 849 g/mol. The Bertz CT molecular complexity index is 1960. The molecule has 3 aromatic carbocycles. The number of alkyl carbamates (subject to hydrolysis) is 1. The van der Waals surface area contributed by atoms with Gasteiger partial charge in [0.25, 0.3) is 8.32 Å². The summed E-state index contributed by atoms with van der Waals surface area (Å²) >= 11 is 0. The molecule has 0 radical (unpaired) electrons. The number of carbonyl (C=O) groups excluding carboxylic acids is 4. The van der Waals surface area contributed by atoms with Crippen LogP contribution in [0.3, 0.4) is 0 Å². The summed E-state index contributed by atoms with van der Waals surface area (Å²) in [5.74, 6) is -1.67. The second-order valence-corrected chi connectivity index (χ2v) is 29.4. The fourth-order valence-corrected chi connectivity index (χ4v) is 13.9. The van der Waals surface area contributed by atoms with E-state index in [0.29, 0.717) is 5.56 Å². The monoisotopic (exact) mass is 920 g/mol. The van der Waals surface area contributed by atoms with Crippen molar-refractivity contribution in [3.8, 4) is 0 Å². The zero-order chi connectivity index (χ0) is 47.7. The van der Waals surface area contributed by atoms with Crippen molar-refractivity contribution >= 4 is 51.1 Å². The van der Waals surface area contributed by atoms with E-state index in [9.17, 15) is 19.5 Å². The maximum atomic E-state index is 15.2. The second-order valence-electron chi connectivity index (χ2n) is 20.2. The van der Waals surface area contributed by atoms with Crippen molar-refractivity contribution in [3.63, 3.8) is 0 Å². The molecule has 0 aromatic heterocycles. The van der Waals surface area contributed by atoms with Gasteiger partial charge in [-0.2, -0.15) is 0 Å². The lowest BCUT2D eigenvalue weighted by Gasteiger charge is -2.46. The number of aliphatic hydroxyl groups excluding tert-OH is 1. The van der Waals surface area contributed by atoms with Gasteiger partial charge in [0, 0.05) is 13.0 Å². The highest BCUT2D eigenvalue weighted by Crippen LogP contribution is 2.44. The van der Waals surface area contributed by atoms with E-state index < -0.39 is 76.2 Å². The van der Waals surface area contributed by atoms with Crippen LogP contribution in [0.5, 0.6) is 0 Å². The van der Waals surface area contributed by atoms with E-state index in [1.54, 1.807) is 32.9 Å². The quantitative estimate of drug-likeness (QED) is 0.0771. The first-order valence-electron chi connectivity index (χ1n) is 22.1. The number of aliphatic hydroxyl groups is 1. The summed E-state index contributed by atoms with van der Waals surface area (Å²) in [5, 5.41) is 16.3. The summed E-state index contributed by atoms with van der Waals surface area (Å²) in [5.41, 5.74) is -2.33. The lowest BCUT2D eigenvalue weighted by Crippen LogP contribution is -2.70. The van der Waals surface area contributed by atoms with Crippen molar-refractivity contribution < 1.29 is 52.1 Å². The third-order valence-corrected chi connectivity index (χ3v) is 21.8. The zero-order valence-electron chi connectivity index (χ0n) is 40.2. The minimum atomic E-state index is -3.08. The predicted octanol–water partition coefficient (Wildman–Crippen LogP) is 7.87. The number of rotatable bonds is 17. The molecule has 1 aliphatic heterocycles. The van der Waals surface area contributed by atoms with Gasteiger partial charge in [0.05, 0.1) is 32.5 Å². The summed E-state index contributed by atoms with van der Waals surface area (Å²) in [7, 11) is -4.46. The Morgan fingerprint density at radius 1 is 0.797 bits per heavy atom. The lowest BCUT2D eigenvalue weighted by molar-refractivity contribution is -0.177. The molecule has 0 spiro atoms. The number of amides is 2. The summed E-state index contributed by atoms with van der Waals surface area (Å²) in [4.78, 5) is 57.8. The fraction of sp³-hybridized carbons (Fsp3) is 0.551. The molecule has 3 aromatic rings. The topological polar surface area (TPSA) is 159 Å². The number of hydrogen-bond donors (Lipinski definition) is 2.